The molecule has 23 heavy (non-hydrogen) atoms. The van der Waals surface area contributed by atoms with Crippen molar-refractivity contribution in [3.8, 4) is 22.4 Å². The van der Waals surface area contributed by atoms with Gasteiger partial charge in [0.15, 0.2) is 6.61 Å². The van der Waals surface area contributed by atoms with Crippen LogP contribution in [-0.4, -0.2) is 17.6 Å². The van der Waals surface area contributed by atoms with Crippen molar-refractivity contribution < 1.29 is 9.53 Å². The molecule has 0 saturated heterocycles. The first-order chi connectivity index (χ1) is 11.2. The van der Waals surface area contributed by atoms with Gasteiger partial charge in [0.1, 0.15) is 9.88 Å². The fourth-order valence-corrected chi connectivity index (χ4v) is 3.59. The number of esters is 1. The topological polar surface area (TPSA) is 39.2 Å². The summed E-state index contributed by atoms with van der Waals surface area (Å²) in [7, 11) is 0. The minimum atomic E-state index is -0.371. The van der Waals surface area contributed by atoms with Gasteiger partial charge in [-0.15, -0.1) is 11.3 Å². The maximum absolute atomic E-state index is 12.1. The lowest BCUT2D eigenvalue weighted by Gasteiger charge is -1.97. The molecule has 3 nitrogen and oxygen atoms in total. The molecule has 3 aromatic rings. The number of ether oxygens (including phenoxy) is 1. The number of thiazole rings is 1. The summed E-state index contributed by atoms with van der Waals surface area (Å²) in [4.78, 5) is 17.1. The zero-order chi connectivity index (χ0) is 16.1. The second kappa shape index (κ2) is 7.23. The first-order valence-electron chi connectivity index (χ1n) is 6.95. The minimum absolute atomic E-state index is 0.0683. The van der Waals surface area contributed by atoms with Crippen LogP contribution < -0.4 is 0 Å². The molecule has 0 aliphatic carbocycles. The Morgan fingerprint density at radius 3 is 2.83 bits per heavy atom. The first kappa shape index (κ1) is 15.5. The van der Waals surface area contributed by atoms with Crippen LogP contribution >= 0.6 is 22.7 Å². The van der Waals surface area contributed by atoms with Crippen molar-refractivity contribution in [2.75, 3.05) is 6.61 Å². The van der Waals surface area contributed by atoms with Gasteiger partial charge in [0.25, 0.3) is 0 Å². The number of carbonyl (C=O) groups excluding carboxylic acids is 1. The van der Waals surface area contributed by atoms with Crippen molar-refractivity contribution in [1.29, 1.82) is 0 Å². The van der Waals surface area contributed by atoms with E-state index in [9.17, 15) is 4.79 Å². The molecule has 5 heteroatoms. The van der Waals surface area contributed by atoms with E-state index in [0.717, 1.165) is 16.1 Å². The Morgan fingerprint density at radius 1 is 1.26 bits per heavy atom. The Bertz CT molecular complexity index is 856. The number of aromatic nitrogens is 1. The van der Waals surface area contributed by atoms with E-state index < -0.39 is 0 Å². The maximum Gasteiger partial charge on any atom is 0.351 e. The molecule has 0 spiro atoms. The van der Waals surface area contributed by atoms with Crippen LogP contribution in [0.3, 0.4) is 0 Å². The molecule has 114 valence electrons. The summed E-state index contributed by atoms with van der Waals surface area (Å²) < 4.78 is 5.22. The Hall–Kier alpha value is -2.42. The largest absolute Gasteiger partial charge is 0.448 e. The van der Waals surface area contributed by atoms with Crippen LogP contribution in [0.4, 0.5) is 0 Å². The number of hydrogen-bond acceptors (Lipinski definition) is 5. The Balaban J connectivity index is 1.64. The van der Waals surface area contributed by atoms with Crippen LogP contribution in [0.15, 0.2) is 47.2 Å². The zero-order valence-electron chi connectivity index (χ0n) is 12.4. The summed E-state index contributed by atoms with van der Waals surface area (Å²) in [6.07, 6.45) is 0. The van der Waals surface area contributed by atoms with Crippen LogP contribution in [0.1, 0.15) is 20.9 Å². The van der Waals surface area contributed by atoms with Crippen LogP contribution in [0, 0.1) is 18.8 Å². The standard InChI is InChI=1S/C18H13NO2S2/c1-13-16(23-17(19-13)15-9-11-22-12-15)18(20)21-10-5-8-14-6-3-2-4-7-14/h2-4,6-7,9,11-12H,10H2,1H3. The molecule has 0 aliphatic rings. The first-order valence-corrected chi connectivity index (χ1v) is 8.71. The number of nitrogens with zero attached hydrogens (tertiary/aromatic N) is 1. The molecule has 0 fully saturated rings. The summed E-state index contributed by atoms with van der Waals surface area (Å²) in [5, 5.41) is 4.84. The van der Waals surface area contributed by atoms with E-state index in [1.165, 1.54) is 11.3 Å². The molecule has 0 amide bonds. The molecule has 0 N–H and O–H groups in total. The summed E-state index contributed by atoms with van der Waals surface area (Å²) in [6.45, 7) is 1.89. The van der Waals surface area contributed by atoms with Crippen molar-refractivity contribution >= 4 is 28.6 Å². The highest BCUT2D eigenvalue weighted by Crippen LogP contribution is 2.29. The molecule has 0 bridgehead atoms. The highest BCUT2D eigenvalue weighted by molar-refractivity contribution is 7.17. The number of rotatable bonds is 3. The lowest BCUT2D eigenvalue weighted by atomic mass is 10.2. The molecular weight excluding hydrogens is 326 g/mol. The van der Waals surface area contributed by atoms with Gasteiger partial charge in [-0.3, -0.25) is 0 Å². The van der Waals surface area contributed by atoms with Gasteiger partial charge in [0.2, 0.25) is 0 Å². The number of benzene rings is 1. The van der Waals surface area contributed by atoms with E-state index in [1.807, 2.05) is 54.1 Å². The second-order valence-electron chi connectivity index (χ2n) is 4.69. The summed E-state index contributed by atoms with van der Waals surface area (Å²) in [6, 6.07) is 11.6. The summed E-state index contributed by atoms with van der Waals surface area (Å²) in [5.74, 6) is 5.43. The number of thiophene rings is 1. The van der Waals surface area contributed by atoms with Gasteiger partial charge in [-0.05, 0) is 30.5 Å². The molecule has 2 heterocycles. The van der Waals surface area contributed by atoms with E-state index in [-0.39, 0.29) is 12.6 Å². The third kappa shape index (κ3) is 3.86. The molecule has 0 unspecified atom stereocenters. The highest BCUT2D eigenvalue weighted by Gasteiger charge is 2.17. The van der Waals surface area contributed by atoms with E-state index in [4.69, 9.17) is 4.74 Å². The molecule has 0 radical (unpaired) electrons. The Labute approximate surface area is 142 Å². The smallest absolute Gasteiger partial charge is 0.351 e. The van der Waals surface area contributed by atoms with Crippen molar-refractivity contribution in [2.24, 2.45) is 0 Å². The van der Waals surface area contributed by atoms with Crippen molar-refractivity contribution in [2.45, 2.75) is 6.92 Å². The lowest BCUT2D eigenvalue weighted by Crippen LogP contribution is -2.04. The molecular formula is C18H13NO2S2. The SMILES string of the molecule is Cc1nc(-c2ccsc2)sc1C(=O)OCC#Cc1ccccc1. The van der Waals surface area contributed by atoms with Crippen LogP contribution in [0.25, 0.3) is 10.6 Å². The fourth-order valence-electron chi connectivity index (χ4n) is 1.92. The molecule has 0 atom stereocenters. The summed E-state index contributed by atoms with van der Waals surface area (Å²) >= 11 is 2.96. The molecule has 1 aromatic carbocycles. The average molecular weight is 339 g/mol. The van der Waals surface area contributed by atoms with Gasteiger partial charge < -0.3 is 4.74 Å². The Morgan fingerprint density at radius 2 is 2.09 bits per heavy atom. The molecule has 3 rings (SSSR count). The monoisotopic (exact) mass is 339 g/mol. The number of carbonyl (C=O) groups is 1. The normalized spacial score (nSPS) is 9.96. The van der Waals surface area contributed by atoms with Crippen molar-refractivity contribution in [3.63, 3.8) is 0 Å². The van der Waals surface area contributed by atoms with Gasteiger partial charge in [-0.2, -0.15) is 11.3 Å². The summed E-state index contributed by atoms with van der Waals surface area (Å²) in [5.41, 5.74) is 2.63. The van der Waals surface area contributed by atoms with Gasteiger partial charge in [0.05, 0.1) is 5.69 Å². The molecule has 0 aliphatic heterocycles. The van der Waals surface area contributed by atoms with Gasteiger partial charge in [-0.1, -0.05) is 30.0 Å². The number of aryl methyl sites for hydroxylation is 1. The third-order valence-electron chi connectivity index (χ3n) is 3.03. The molecule has 0 saturated carbocycles. The number of hydrogen-bond donors (Lipinski definition) is 0. The van der Waals surface area contributed by atoms with E-state index in [2.05, 4.69) is 16.8 Å². The molecule has 2 aromatic heterocycles. The van der Waals surface area contributed by atoms with Gasteiger partial charge in [-0.25, -0.2) is 9.78 Å². The van der Waals surface area contributed by atoms with Crippen LogP contribution in [0.5, 0.6) is 0 Å². The predicted molar refractivity (Wildman–Crippen MR) is 93.8 cm³/mol. The Kier molecular flexibility index (Phi) is 4.86. The van der Waals surface area contributed by atoms with Crippen molar-refractivity contribution in [3.05, 3.63) is 63.3 Å². The van der Waals surface area contributed by atoms with E-state index in [0.29, 0.717) is 10.6 Å². The highest BCUT2D eigenvalue weighted by atomic mass is 32.1. The lowest BCUT2D eigenvalue weighted by molar-refractivity contribution is 0.0561. The van der Waals surface area contributed by atoms with Crippen molar-refractivity contribution in [1.82, 2.24) is 4.98 Å². The van der Waals surface area contributed by atoms with Gasteiger partial charge in [0, 0.05) is 16.5 Å². The van der Waals surface area contributed by atoms with Gasteiger partial charge >= 0.3 is 5.97 Å². The maximum atomic E-state index is 12.1. The van der Waals surface area contributed by atoms with Crippen LogP contribution in [0.2, 0.25) is 0 Å². The van der Waals surface area contributed by atoms with E-state index in [1.54, 1.807) is 11.3 Å². The third-order valence-corrected chi connectivity index (χ3v) is 4.90. The quantitative estimate of drug-likeness (QED) is 0.525. The average Bonchev–Trinajstić information content (AvgIpc) is 3.21. The van der Waals surface area contributed by atoms with Crippen LogP contribution in [-0.2, 0) is 4.74 Å². The predicted octanol–water partition coefficient (Wildman–Crippen LogP) is 4.39. The fraction of sp³-hybridized carbons (Fsp3) is 0.111. The zero-order valence-corrected chi connectivity index (χ0v) is 14.0. The second-order valence-corrected chi connectivity index (χ2v) is 6.47. The van der Waals surface area contributed by atoms with E-state index >= 15 is 0 Å². The minimum Gasteiger partial charge on any atom is -0.448 e.